The van der Waals surface area contributed by atoms with Crippen molar-refractivity contribution < 1.29 is 58.2 Å². The molecule has 29 heteroatoms. The average molecular weight is 1070 g/mol. The molecule has 76 heavy (non-hydrogen) atoms. The number of rotatable bonds is 34. The quantitative estimate of drug-likeness (QED) is 0.0132. The van der Waals surface area contributed by atoms with Crippen LogP contribution in [0.3, 0.4) is 0 Å². The number of carbonyl (C=O) groups is 10. The van der Waals surface area contributed by atoms with Gasteiger partial charge in [-0.1, -0.05) is 24.6 Å². The highest BCUT2D eigenvalue weighted by Gasteiger charge is 2.38. The number of nitrogens with two attached hydrogens (primary N) is 8. The summed E-state index contributed by atoms with van der Waals surface area (Å²) >= 11 is 0. The minimum atomic E-state index is -1.58. The van der Waals surface area contributed by atoms with E-state index in [0.29, 0.717) is 44.2 Å². The monoisotopic (exact) mass is 1070 g/mol. The van der Waals surface area contributed by atoms with Gasteiger partial charge in [-0.15, -0.1) is 0 Å². The number of carbonyl (C=O) groups excluding carboxylic acids is 9. The minimum absolute atomic E-state index is 0.00569. The number of hydrogen-bond donors (Lipinski definition) is 16. The van der Waals surface area contributed by atoms with E-state index in [1.54, 1.807) is 0 Å². The molecule has 1 aromatic rings. The lowest BCUT2D eigenvalue weighted by molar-refractivity contribution is -0.137. The van der Waals surface area contributed by atoms with Gasteiger partial charge in [0.1, 0.15) is 41.6 Å². The van der Waals surface area contributed by atoms with Crippen LogP contribution in [0.15, 0.2) is 46.0 Å². The SMILES string of the molecule is C[C@H](NC(=O)[C@@H](NC(=O)[C@@H](N)CCCCN)[C@@H](O)CN)C(=O)NCC(=O)N=C(CCCN)C(=O)N1CCC[C@H]1C(=O)N[C@@H](Cc1ccc(C(N)=O)cc1)C(=O)N[C@@H](CCCCN)C(=O)N/C(=C\CCN=C(N)N)C(=O)O. The maximum Gasteiger partial charge on any atom is 0.352 e. The fourth-order valence-electron chi connectivity index (χ4n) is 7.54. The van der Waals surface area contributed by atoms with E-state index < -0.39 is 120 Å². The van der Waals surface area contributed by atoms with Crippen LogP contribution in [0.1, 0.15) is 93.5 Å². The Balaban J connectivity index is 2.34. The standard InChI is InChI=1S/C47H77N17O12/c1-26(58-44(73)37(35(65)24-51)63-40(69)29(52)9-2-4-18-48)39(68)57-25-36(66)59-31(11-6-20-50)45(74)64-22-8-13-34(64)43(72)62-33(23-27-14-16-28(17-15-27)38(53)67)42(71)60-30(10-3-5-19-49)41(70)61-32(46(75)76)12-7-21-56-47(54)55/h12,14-17,26,29-30,33-35,37,65H,2-11,13,18-25,48-52H2,1H3,(H2,53,67)(H,57,68)(H,58,73)(H,60,71)(H,61,70)(H,62,72)(H,63,69)(H,75,76)(H4,54,55,56)/b32-12-,59-31?/t26-,29-,30-,33-,34-,35-,37-/m0/s1. The molecule has 1 saturated heterocycles. The molecule has 7 atom stereocenters. The van der Waals surface area contributed by atoms with Crippen molar-refractivity contribution in [2.75, 3.05) is 45.8 Å². The van der Waals surface area contributed by atoms with Crippen molar-refractivity contribution in [1.29, 1.82) is 0 Å². The second kappa shape index (κ2) is 34.2. The fourth-order valence-corrected chi connectivity index (χ4v) is 7.54. The molecule has 29 nitrogen and oxygen atoms in total. The Kier molecular flexibility index (Phi) is 29.1. The Hall–Kier alpha value is -7.44. The van der Waals surface area contributed by atoms with Gasteiger partial charge >= 0.3 is 5.97 Å². The summed E-state index contributed by atoms with van der Waals surface area (Å²) in [6.07, 6.45) is 2.14. The number of aliphatic hydroxyl groups excluding tert-OH is 1. The van der Waals surface area contributed by atoms with E-state index >= 15 is 0 Å². The second-order valence-electron chi connectivity index (χ2n) is 17.8. The normalized spacial score (nSPS) is 15.9. The highest BCUT2D eigenvalue weighted by molar-refractivity contribution is 6.40. The zero-order valence-corrected chi connectivity index (χ0v) is 42.8. The Morgan fingerprint density at radius 1 is 0.776 bits per heavy atom. The van der Waals surface area contributed by atoms with E-state index in [1.807, 2.05) is 0 Å². The predicted molar refractivity (Wildman–Crippen MR) is 279 cm³/mol. The van der Waals surface area contributed by atoms with Crippen molar-refractivity contribution in [3.05, 3.63) is 47.2 Å². The molecule has 1 fully saturated rings. The van der Waals surface area contributed by atoms with Crippen LogP contribution in [0.4, 0.5) is 0 Å². The molecule has 0 aliphatic carbocycles. The van der Waals surface area contributed by atoms with Gasteiger partial charge in [0, 0.05) is 31.6 Å². The molecule has 1 aliphatic heterocycles. The summed E-state index contributed by atoms with van der Waals surface area (Å²) in [4.78, 5) is 141. The van der Waals surface area contributed by atoms with Gasteiger partial charge in [0.05, 0.1) is 18.7 Å². The maximum atomic E-state index is 14.2. The van der Waals surface area contributed by atoms with E-state index in [2.05, 4.69) is 41.9 Å². The maximum absolute atomic E-state index is 14.2. The number of carboxylic acid groups (broad SMARTS) is 1. The summed E-state index contributed by atoms with van der Waals surface area (Å²) in [6.45, 7) is 0.848. The number of amides is 9. The van der Waals surface area contributed by atoms with E-state index in [0.717, 1.165) is 0 Å². The molecule has 0 unspecified atom stereocenters. The summed E-state index contributed by atoms with van der Waals surface area (Å²) < 4.78 is 0. The summed E-state index contributed by atoms with van der Waals surface area (Å²) in [6, 6.07) is -2.08. The molecule has 0 bridgehead atoms. The van der Waals surface area contributed by atoms with Gasteiger partial charge in [0.25, 0.3) is 11.8 Å². The summed E-state index contributed by atoms with van der Waals surface area (Å²) in [7, 11) is 0. The number of primary amides is 1. The van der Waals surface area contributed by atoms with Crippen LogP contribution < -0.4 is 77.8 Å². The second-order valence-corrected chi connectivity index (χ2v) is 17.8. The van der Waals surface area contributed by atoms with Crippen LogP contribution in [-0.2, 0) is 49.6 Å². The van der Waals surface area contributed by atoms with Crippen molar-refractivity contribution in [3.8, 4) is 0 Å². The fraction of sp³-hybridized carbons (Fsp3) is 0.574. The van der Waals surface area contributed by atoms with E-state index in [-0.39, 0.29) is 88.4 Å². The van der Waals surface area contributed by atoms with Crippen LogP contribution in [0, 0.1) is 0 Å². The highest BCUT2D eigenvalue weighted by Crippen LogP contribution is 2.20. The van der Waals surface area contributed by atoms with Gasteiger partial charge in [0.2, 0.25) is 41.4 Å². The molecule has 24 N–H and O–H groups in total. The number of hydrogen-bond acceptors (Lipinski definition) is 17. The first-order chi connectivity index (χ1) is 36.1. The van der Waals surface area contributed by atoms with Gasteiger partial charge < -0.3 is 92.9 Å². The third kappa shape index (κ3) is 22.6. The Morgan fingerprint density at radius 2 is 1.42 bits per heavy atom. The lowest BCUT2D eigenvalue weighted by Gasteiger charge is -2.28. The number of guanidine groups is 1. The number of carboxylic acids is 1. The summed E-state index contributed by atoms with van der Waals surface area (Å²) in [5.41, 5.74) is 44.3. The number of nitrogens with zero attached hydrogens (tertiary/aromatic N) is 3. The van der Waals surface area contributed by atoms with Gasteiger partial charge in [-0.3, -0.25) is 48.1 Å². The lowest BCUT2D eigenvalue weighted by atomic mass is 10.0. The molecule has 0 spiro atoms. The number of nitrogens with one attached hydrogen (secondary N) is 6. The predicted octanol–water partition coefficient (Wildman–Crippen LogP) is -6.25. The molecule has 1 aromatic carbocycles. The summed E-state index contributed by atoms with van der Waals surface area (Å²) in [5.74, 6) is -9.37. The Labute approximate surface area is 439 Å². The Morgan fingerprint density at radius 3 is 2.01 bits per heavy atom. The van der Waals surface area contributed by atoms with Crippen molar-refractivity contribution in [1.82, 2.24) is 36.8 Å². The van der Waals surface area contributed by atoms with Crippen LogP contribution in [0.25, 0.3) is 0 Å². The smallest absolute Gasteiger partial charge is 0.352 e. The van der Waals surface area contributed by atoms with Crippen molar-refractivity contribution >= 4 is 70.8 Å². The van der Waals surface area contributed by atoms with Crippen molar-refractivity contribution in [2.45, 2.75) is 126 Å². The average Bonchev–Trinajstić information content (AvgIpc) is 3.88. The van der Waals surface area contributed by atoms with Crippen LogP contribution >= 0.6 is 0 Å². The first-order valence-electron chi connectivity index (χ1n) is 24.9. The van der Waals surface area contributed by atoms with Crippen LogP contribution in [0.2, 0.25) is 0 Å². The zero-order valence-electron chi connectivity index (χ0n) is 42.8. The number of aliphatic hydroxyl groups is 1. The topological polar surface area (TPSA) is 519 Å². The first kappa shape index (κ1) is 64.7. The number of aliphatic imine (C=N–C) groups is 2. The minimum Gasteiger partial charge on any atom is -0.477 e. The van der Waals surface area contributed by atoms with Gasteiger partial charge in [-0.05, 0) is 108 Å². The van der Waals surface area contributed by atoms with Crippen molar-refractivity contribution in [2.24, 2.45) is 55.9 Å². The van der Waals surface area contributed by atoms with Crippen LogP contribution in [-0.4, -0.2) is 174 Å². The number of benzene rings is 1. The van der Waals surface area contributed by atoms with E-state index in [1.165, 1.54) is 42.2 Å². The molecule has 0 radical (unpaired) electrons. The molecule has 0 saturated carbocycles. The number of aliphatic carboxylic acids is 1. The van der Waals surface area contributed by atoms with E-state index in [4.69, 9.17) is 45.9 Å². The largest absolute Gasteiger partial charge is 0.477 e. The third-order valence-corrected chi connectivity index (χ3v) is 11.8. The molecule has 9 amide bonds. The first-order valence-corrected chi connectivity index (χ1v) is 24.9. The molecule has 422 valence electrons. The molecule has 1 aliphatic rings. The zero-order chi connectivity index (χ0) is 56.9. The lowest BCUT2D eigenvalue weighted by Crippen LogP contribution is -2.60. The molecule has 0 aromatic heterocycles. The number of likely N-dealkylation sites (tertiary alicyclic amines) is 1. The Bertz CT molecular complexity index is 2260. The van der Waals surface area contributed by atoms with Gasteiger partial charge in [-0.2, -0.15) is 0 Å². The van der Waals surface area contributed by atoms with Gasteiger partial charge in [0.15, 0.2) is 5.96 Å². The third-order valence-electron chi connectivity index (χ3n) is 11.8. The molecular weight excluding hydrogens is 995 g/mol. The molecule has 1 heterocycles. The van der Waals surface area contributed by atoms with E-state index in [9.17, 15) is 58.2 Å². The van der Waals surface area contributed by atoms with Gasteiger partial charge in [-0.25, -0.2) is 9.79 Å². The highest BCUT2D eigenvalue weighted by atomic mass is 16.4. The molecule has 2 rings (SSSR count). The summed E-state index contributed by atoms with van der Waals surface area (Å²) in [5, 5.41) is 34.9. The molecular formula is C47H77N17O12. The van der Waals surface area contributed by atoms with Crippen molar-refractivity contribution in [3.63, 3.8) is 0 Å². The number of unbranched alkanes of at least 4 members (excludes halogenated alkanes) is 2. The van der Waals surface area contributed by atoms with Crippen LogP contribution in [0.5, 0.6) is 0 Å².